The zero-order chi connectivity index (χ0) is 16.0. The van der Waals surface area contributed by atoms with Gasteiger partial charge < -0.3 is 10.6 Å². The lowest BCUT2D eigenvalue weighted by atomic mass is 10.1. The number of benzene rings is 2. The zero-order valence-corrected chi connectivity index (χ0v) is 13.3. The first kappa shape index (κ1) is 14.2. The molecule has 0 spiro atoms. The summed E-state index contributed by atoms with van der Waals surface area (Å²) < 4.78 is 1.68. The minimum Gasteiger partial charge on any atom is -0.322 e. The first-order chi connectivity index (χ1) is 11.1. The molecule has 23 heavy (non-hydrogen) atoms. The summed E-state index contributed by atoms with van der Waals surface area (Å²) in [5.74, 6) is -0.184. The fourth-order valence-corrected chi connectivity index (χ4v) is 3.18. The number of aromatic nitrogens is 2. The topological polar surface area (TPSA) is 59.0 Å². The van der Waals surface area contributed by atoms with Crippen LogP contribution in [0.5, 0.6) is 0 Å². The van der Waals surface area contributed by atoms with E-state index in [1.807, 2.05) is 31.4 Å². The van der Waals surface area contributed by atoms with Gasteiger partial charge in [-0.25, -0.2) is 0 Å². The largest absolute Gasteiger partial charge is 0.322 e. The van der Waals surface area contributed by atoms with Crippen molar-refractivity contribution in [1.29, 1.82) is 0 Å². The average molecular weight is 327 g/mol. The normalized spacial score (nSPS) is 13.3. The number of carbonyl (C=O) groups is 1. The fourth-order valence-electron chi connectivity index (χ4n) is 2.97. The highest BCUT2D eigenvalue weighted by atomic mass is 35.5. The predicted molar refractivity (Wildman–Crippen MR) is 90.7 cm³/mol. The van der Waals surface area contributed by atoms with Crippen LogP contribution in [0.1, 0.15) is 21.5 Å². The number of fused-ring (bicyclic) bond motifs is 2. The molecule has 2 aromatic carbocycles. The van der Waals surface area contributed by atoms with Crippen LogP contribution in [0, 0.1) is 0 Å². The molecule has 0 unspecified atom stereocenters. The number of hydrogen-bond acceptors (Lipinski definition) is 3. The van der Waals surface area contributed by atoms with Crippen molar-refractivity contribution in [3.63, 3.8) is 0 Å². The highest BCUT2D eigenvalue weighted by Crippen LogP contribution is 2.25. The second-order valence-electron chi connectivity index (χ2n) is 5.73. The Morgan fingerprint density at radius 2 is 2.09 bits per heavy atom. The number of hydrogen-bond donors (Lipinski definition) is 2. The van der Waals surface area contributed by atoms with Gasteiger partial charge in [0.15, 0.2) is 0 Å². The van der Waals surface area contributed by atoms with E-state index in [1.54, 1.807) is 16.8 Å². The Bertz CT molecular complexity index is 932. The Labute approximate surface area is 138 Å². The van der Waals surface area contributed by atoms with Crippen LogP contribution in [0.25, 0.3) is 10.9 Å². The van der Waals surface area contributed by atoms with E-state index < -0.39 is 0 Å². The Kier molecular flexibility index (Phi) is 3.32. The molecular weight excluding hydrogens is 312 g/mol. The number of carbonyl (C=O) groups excluding carboxylic acids is 1. The van der Waals surface area contributed by atoms with E-state index in [-0.39, 0.29) is 5.91 Å². The summed E-state index contributed by atoms with van der Waals surface area (Å²) in [6.45, 7) is 1.72. The van der Waals surface area contributed by atoms with Gasteiger partial charge >= 0.3 is 0 Å². The van der Waals surface area contributed by atoms with Crippen LogP contribution in [0.3, 0.4) is 0 Å². The molecule has 1 aliphatic rings. The SMILES string of the molecule is Cn1cc2c(C(=O)Nc3ccc4c(c3)CNC4)cc(Cl)cc2n1. The number of rotatable bonds is 2. The summed E-state index contributed by atoms with van der Waals surface area (Å²) in [6.07, 6.45) is 1.83. The molecule has 0 saturated carbocycles. The standard InChI is InChI=1S/C17H15ClN4O/c1-22-9-15-14(5-12(18)6-16(15)21-22)17(23)20-13-3-2-10-7-19-8-11(10)4-13/h2-6,9,19H,7-8H2,1H3,(H,20,23). The highest BCUT2D eigenvalue weighted by Gasteiger charge is 2.16. The van der Waals surface area contributed by atoms with Crippen LogP contribution >= 0.6 is 11.6 Å². The lowest BCUT2D eigenvalue weighted by Gasteiger charge is -2.08. The molecule has 1 amide bonds. The van der Waals surface area contributed by atoms with Gasteiger partial charge in [-0.15, -0.1) is 0 Å². The molecule has 0 bridgehead atoms. The Morgan fingerprint density at radius 1 is 1.26 bits per heavy atom. The third-order valence-corrected chi connectivity index (χ3v) is 4.26. The zero-order valence-electron chi connectivity index (χ0n) is 12.6. The van der Waals surface area contributed by atoms with Crippen molar-refractivity contribution in [2.75, 3.05) is 5.32 Å². The van der Waals surface area contributed by atoms with Crippen molar-refractivity contribution in [3.05, 3.63) is 58.2 Å². The van der Waals surface area contributed by atoms with Crippen molar-refractivity contribution in [2.45, 2.75) is 13.1 Å². The van der Waals surface area contributed by atoms with Crippen LogP contribution < -0.4 is 10.6 Å². The second-order valence-corrected chi connectivity index (χ2v) is 6.17. The number of amides is 1. The summed E-state index contributed by atoms with van der Waals surface area (Å²) in [5.41, 5.74) is 4.53. The summed E-state index contributed by atoms with van der Waals surface area (Å²) in [6, 6.07) is 9.42. The Hall–Kier alpha value is -2.37. The van der Waals surface area contributed by atoms with Crippen molar-refractivity contribution in [1.82, 2.24) is 15.1 Å². The lowest BCUT2D eigenvalue weighted by molar-refractivity contribution is 0.102. The van der Waals surface area contributed by atoms with E-state index in [4.69, 9.17) is 11.6 Å². The average Bonchev–Trinajstić information content (AvgIpc) is 3.10. The number of halogens is 1. The number of nitrogens with zero attached hydrogens (tertiary/aromatic N) is 2. The van der Waals surface area contributed by atoms with E-state index in [1.165, 1.54) is 11.1 Å². The quantitative estimate of drug-likeness (QED) is 0.761. The van der Waals surface area contributed by atoms with E-state index in [0.717, 1.165) is 24.2 Å². The van der Waals surface area contributed by atoms with Gasteiger partial charge in [-0.05, 0) is 35.4 Å². The minimum atomic E-state index is -0.184. The molecule has 0 saturated heterocycles. The van der Waals surface area contributed by atoms with Gasteiger partial charge in [-0.3, -0.25) is 9.48 Å². The number of aryl methyl sites for hydroxylation is 1. The van der Waals surface area contributed by atoms with Gasteiger partial charge in [-0.1, -0.05) is 17.7 Å². The van der Waals surface area contributed by atoms with Gasteiger partial charge in [0, 0.05) is 42.4 Å². The third-order valence-electron chi connectivity index (χ3n) is 4.04. The molecule has 2 heterocycles. The van der Waals surface area contributed by atoms with Gasteiger partial charge in [0.1, 0.15) is 0 Å². The van der Waals surface area contributed by atoms with Crippen LogP contribution in [0.15, 0.2) is 36.5 Å². The van der Waals surface area contributed by atoms with Crippen molar-refractivity contribution in [2.24, 2.45) is 7.05 Å². The summed E-state index contributed by atoms with van der Waals surface area (Å²) in [7, 11) is 1.82. The number of anilines is 1. The van der Waals surface area contributed by atoms with Gasteiger partial charge in [-0.2, -0.15) is 5.10 Å². The highest BCUT2D eigenvalue weighted by molar-refractivity contribution is 6.32. The van der Waals surface area contributed by atoms with E-state index in [9.17, 15) is 4.79 Å². The maximum atomic E-state index is 12.7. The first-order valence-electron chi connectivity index (χ1n) is 7.37. The molecular formula is C17H15ClN4O. The van der Waals surface area contributed by atoms with Crippen LogP contribution in [0.4, 0.5) is 5.69 Å². The smallest absolute Gasteiger partial charge is 0.256 e. The van der Waals surface area contributed by atoms with Crippen molar-refractivity contribution < 1.29 is 4.79 Å². The molecule has 6 heteroatoms. The van der Waals surface area contributed by atoms with Gasteiger partial charge in [0.05, 0.1) is 11.1 Å². The molecule has 116 valence electrons. The Balaban J connectivity index is 1.69. The van der Waals surface area contributed by atoms with Gasteiger partial charge in [0.2, 0.25) is 0 Å². The van der Waals surface area contributed by atoms with Crippen LogP contribution in [0.2, 0.25) is 5.02 Å². The van der Waals surface area contributed by atoms with Crippen molar-refractivity contribution in [3.8, 4) is 0 Å². The molecule has 0 radical (unpaired) electrons. The molecule has 0 atom stereocenters. The predicted octanol–water partition coefficient (Wildman–Crippen LogP) is 3.08. The molecule has 0 aliphatic carbocycles. The third kappa shape index (κ3) is 2.58. The molecule has 5 nitrogen and oxygen atoms in total. The molecule has 2 N–H and O–H groups in total. The second kappa shape index (κ2) is 5.37. The Morgan fingerprint density at radius 3 is 2.96 bits per heavy atom. The molecule has 1 aliphatic heterocycles. The van der Waals surface area contributed by atoms with Gasteiger partial charge in [0.25, 0.3) is 5.91 Å². The van der Waals surface area contributed by atoms with Crippen LogP contribution in [-0.2, 0) is 20.1 Å². The molecule has 0 fully saturated rings. The lowest BCUT2D eigenvalue weighted by Crippen LogP contribution is -2.12. The van der Waals surface area contributed by atoms with E-state index in [2.05, 4.69) is 15.7 Å². The summed E-state index contributed by atoms with van der Waals surface area (Å²) >= 11 is 6.12. The molecule has 4 rings (SSSR count). The van der Waals surface area contributed by atoms with Crippen molar-refractivity contribution >= 4 is 34.1 Å². The summed E-state index contributed by atoms with van der Waals surface area (Å²) in [4.78, 5) is 12.7. The summed E-state index contributed by atoms with van der Waals surface area (Å²) in [5, 5.41) is 11.9. The number of nitrogens with one attached hydrogen (secondary N) is 2. The first-order valence-corrected chi connectivity index (χ1v) is 7.75. The van der Waals surface area contributed by atoms with Crippen LogP contribution in [-0.4, -0.2) is 15.7 Å². The van der Waals surface area contributed by atoms with E-state index in [0.29, 0.717) is 16.1 Å². The van der Waals surface area contributed by atoms with E-state index >= 15 is 0 Å². The maximum Gasteiger partial charge on any atom is 0.256 e. The molecule has 1 aromatic heterocycles. The fraction of sp³-hybridized carbons (Fsp3) is 0.176. The maximum absolute atomic E-state index is 12.7. The molecule has 3 aromatic rings. The monoisotopic (exact) mass is 326 g/mol. The minimum absolute atomic E-state index is 0.184.